The van der Waals surface area contributed by atoms with E-state index in [1.165, 1.54) is 0 Å². The topological polar surface area (TPSA) is 181 Å². The van der Waals surface area contributed by atoms with Crippen LogP contribution in [0.25, 0.3) is 0 Å². The molecule has 0 atom stereocenters. The van der Waals surface area contributed by atoms with Crippen molar-refractivity contribution in [2.24, 2.45) is 5.41 Å². The Hall–Kier alpha value is -1.03. The Morgan fingerprint density at radius 1 is 1.10 bits per heavy atom. The second-order valence-electron chi connectivity index (χ2n) is 3.70. The lowest BCUT2D eigenvalue weighted by Crippen LogP contribution is -2.32. The molecule has 0 saturated carbocycles. The van der Waals surface area contributed by atoms with Crippen LogP contribution in [-0.2, 0) is 9.53 Å². The molecule has 0 aliphatic rings. The Kier molecular flexibility index (Phi) is 31.8. The molecule has 126 valence electrons. The molecule has 0 aromatic heterocycles. The molecule has 0 aromatic rings. The van der Waals surface area contributed by atoms with E-state index in [4.69, 9.17) is 15.3 Å². The Bertz CT molecular complexity index is 186. The molecule has 0 aliphatic heterocycles. The second kappa shape index (κ2) is 20.3. The fourth-order valence-electron chi connectivity index (χ4n) is 0.747. The monoisotopic (exact) mass is 302 g/mol. The summed E-state index contributed by atoms with van der Waals surface area (Å²) in [6.45, 7) is 7.02. The molecule has 0 fully saturated rings. The van der Waals surface area contributed by atoms with Crippen molar-refractivity contribution in [1.82, 2.24) is 0 Å². The van der Waals surface area contributed by atoms with Crippen molar-refractivity contribution in [1.29, 1.82) is 0 Å². The van der Waals surface area contributed by atoms with E-state index in [2.05, 4.69) is 11.3 Å². The third-order valence-electron chi connectivity index (χ3n) is 2.37. The summed E-state index contributed by atoms with van der Waals surface area (Å²) in [5, 5.41) is 26.0. The van der Waals surface area contributed by atoms with Gasteiger partial charge in [-0.2, -0.15) is 0 Å². The van der Waals surface area contributed by atoms with Crippen LogP contribution < -0.4 is 0 Å². The van der Waals surface area contributed by atoms with Crippen LogP contribution >= 0.6 is 0 Å². The summed E-state index contributed by atoms with van der Waals surface area (Å²) in [5.74, 6) is -0.341. The fraction of sp³-hybridized carbons (Fsp3) is 0.750. The number of aliphatic hydroxyl groups excluding tert-OH is 3. The van der Waals surface area contributed by atoms with Crippen molar-refractivity contribution in [2.75, 3.05) is 26.4 Å². The lowest BCUT2D eigenvalue weighted by molar-refractivity contribution is -0.137. The minimum Gasteiger partial charge on any atom is -0.463 e. The highest BCUT2D eigenvalue weighted by molar-refractivity contribution is 5.81. The molecule has 0 saturated heterocycles. The molecule has 0 bridgehead atoms. The number of aliphatic hydroxyl groups is 3. The fourth-order valence-corrected chi connectivity index (χ4v) is 0.747. The van der Waals surface area contributed by atoms with Crippen molar-refractivity contribution in [3.8, 4) is 0 Å². The van der Waals surface area contributed by atoms with Crippen LogP contribution in [0, 0.1) is 5.41 Å². The van der Waals surface area contributed by atoms with E-state index in [0.29, 0.717) is 13.0 Å². The van der Waals surface area contributed by atoms with Crippen molar-refractivity contribution in [3.63, 3.8) is 0 Å². The van der Waals surface area contributed by atoms with E-state index in [1.54, 1.807) is 0 Å². The van der Waals surface area contributed by atoms with Crippen LogP contribution in [0.1, 0.15) is 26.7 Å². The molecule has 0 radical (unpaired) electrons. The summed E-state index contributed by atoms with van der Waals surface area (Å²) in [6.07, 6.45) is 2.62. The molecule has 20 heavy (non-hydrogen) atoms. The number of carbonyl (C=O) groups excluding carboxylic acids is 1. The van der Waals surface area contributed by atoms with E-state index in [-0.39, 0.29) is 42.2 Å². The van der Waals surface area contributed by atoms with E-state index in [9.17, 15) is 4.79 Å². The predicted octanol–water partition coefficient (Wildman–Crippen LogP) is -1.99. The smallest absolute Gasteiger partial charge is 0.330 e. The second-order valence-corrected chi connectivity index (χ2v) is 3.70. The summed E-state index contributed by atoms with van der Waals surface area (Å²) >= 11 is 0. The summed E-state index contributed by atoms with van der Waals surface area (Å²) in [6, 6.07) is 0. The molecule has 8 heteroatoms. The maximum atomic E-state index is 10.2. The highest BCUT2D eigenvalue weighted by Crippen LogP contribution is 2.18. The van der Waals surface area contributed by atoms with Gasteiger partial charge >= 0.3 is 5.97 Å². The normalized spacial score (nSPS) is 8.65. The Labute approximate surface area is 119 Å². The van der Waals surface area contributed by atoms with E-state index < -0.39 is 5.41 Å². The van der Waals surface area contributed by atoms with E-state index in [1.807, 2.05) is 13.8 Å². The molecule has 0 amide bonds. The number of carbonyl (C=O) groups is 1. The number of ether oxygens (including phenoxy) is 1. The Balaban J connectivity index is -0.0000000655. The van der Waals surface area contributed by atoms with Gasteiger partial charge in [0.1, 0.15) is 0 Å². The number of hydrogen-bond acceptors (Lipinski definition) is 5. The molecular weight excluding hydrogens is 272 g/mol. The van der Waals surface area contributed by atoms with Crippen molar-refractivity contribution >= 4 is 5.97 Å². The quantitative estimate of drug-likeness (QED) is 0.363. The van der Waals surface area contributed by atoms with Crippen LogP contribution in [0.5, 0.6) is 0 Å². The first-order valence-electron chi connectivity index (χ1n) is 5.67. The highest BCUT2D eigenvalue weighted by Gasteiger charge is 2.24. The lowest BCUT2D eigenvalue weighted by atomic mass is 9.88. The first-order chi connectivity index (χ1) is 8.05. The average Bonchev–Trinajstić information content (AvgIpc) is 2.40. The zero-order valence-corrected chi connectivity index (χ0v) is 12.2. The van der Waals surface area contributed by atoms with Crippen LogP contribution in [0.2, 0.25) is 0 Å². The molecule has 0 aliphatic carbocycles. The molecule has 0 rings (SSSR count). The largest absolute Gasteiger partial charge is 0.463 e. The maximum Gasteiger partial charge on any atom is 0.330 e. The number of hydrogen-bond donors (Lipinski definition) is 3. The first kappa shape index (κ1) is 31.4. The molecule has 9 N–H and O–H groups in total. The third kappa shape index (κ3) is 15.0. The van der Waals surface area contributed by atoms with Gasteiger partial charge in [-0.05, 0) is 12.8 Å². The molecule has 8 nitrogen and oxygen atoms in total. The van der Waals surface area contributed by atoms with Gasteiger partial charge in [0.2, 0.25) is 0 Å². The van der Waals surface area contributed by atoms with Crippen molar-refractivity contribution in [2.45, 2.75) is 26.7 Å². The minimum atomic E-state index is -0.667. The van der Waals surface area contributed by atoms with Crippen LogP contribution in [-0.4, -0.2) is 64.1 Å². The van der Waals surface area contributed by atoms with Gasteiger partial charge in [0.25, 0.3) is 0 Å². The van der Waals surface area contributed by atoms with Crippen LogP contribution in [0.4, 0.5) is 0 Å². The van der Waals surface area contributed by atoms with Gasteiger partial charge in [-0.15, -0.1) is 0 Å². The van der Waals surface area contributed by atoms with Crippen molar-refractivity contribution < 1.29 is 41.3 Å². The number of rotatable bonds is 7. The summed E-state index contributed by atoms with van der Waals surface area (Å²) in [7, 11) is 0. The molecule has 0 unspecified atom stereocenters. The maximum absolute atomic E-state index is 10.2. The Morgan fingerprint density at radius 3 is 1.65 bits per heavy atom. The minimum absolute atomic E-state index is 0. The summed E-state index contributed by atoms with van der Waals surface area (Å²) in [5.41, 5.74) is -0.667. The molecule has 0 aromatic carbocycles. The molecule has 0 heterocycles. The summed E-state index contributed by atoms with van der Waals surface area (Å²) in [4.78, 5) is 10.2. The Morgan fingerprint density at radius 2 is 1.50 bits per heavy atom. The summed E-state index contributed by atoms with van der Waals surface area (Å²) < 4.78 is 4.58. The molecule has 0 spiro atoms. The highest BCUT2D eigenvalue weighted by atomic mass is 16.5. The zero-order chi connectivity index (χ0) is 13.7. The van der Waals surface area contributed by atoms with Crippen LogP contribution in [0.15, 0.2) is 12.7 Å². The van der Waals surface area contributed by atoms with Crippen LogP contribution in [0.3, 0.4) is 0 Å². The zero-order valence-electron chi connectivity index (χ0n) is 12.2. The van der Waals surface area contributed by atoms with Gasteiger partial charge in [-0.1, -0.05) is 20.4 Å². The number of esters is 1. The van der Waals surface area contributed by atoms with Crippen molar-refractivity contribution in [3.05, 3.63) is 12.7 Å². The van der Waals surface area contributed by atoms with Gasteiger partial charge in [0, 0.05) is 11.5 Å². The molecular formula is C12H30O8. The van der Waals surface area contributed by atoms with E-state index >= 15 is 0 Å². The van der Waals surface area contributed by atoms with Gasteiger partial charge in [-0.25, -0.2) is 4.79 Å². The van der Waals surface area contributed by atoms with Gasteiger partial charge in [0.15, 0.2) is 0 Å². The third-order valence-corrected chi connectivity index (χ3v) is 2.37. The standard InChI is InChI=1S/C6H14O3.C6H10O2.3H2O/c1-2-6(3-7,4-8)5-9;1-3-5-8-6(7)4-2;;;/h7-9H,2-5H2,1H3;4H,2-3,5H2,1H3;3*1H2. The van der Waals surface area contributed by atoms with Gasteiger partial charge < -0.3 is 36.5 Å². The SMILES string of the molecule is C=CC(=O)OCCC.CCC(CO)(CO)CO.O.O.O. The average molecular weight is 302 g/mol. The van der Waals surface area contributed by atoms with E-state index in [0.717, 1.165) is 12.5 Å². The predicted molar refractivity (Wildman–Crippen MR) is 76.3 cm³/mol. The van der Waals surface area contributed by atoms with Gasteiger partial charge in [-0.3, -0.25) is 0 Å². The van der Waals surface area contributed by atoms with Gasteiger partial charge in [0.05, 0.1) is 26.4 Å². The lowest BCUT2D eigenvalue weighted by Gasteiger charge is -2.24. The first-order valence-corrected chi connectivity index (χ1v) is 5.67.